The molecule has 190 valence electrons. The molecule has 0 radical (unpaired) electrons. The molecule has 2 N–H and O–H groups in total. The molecular formula is C30H22ClFN2O3S. The van der Waals surface area contributed by atoms with Crippen molar-refractivity contribution in [2.45, 2.75) is 4.90 Å². The second kappa shape index (κ2) is 12.9. The summed E-state index contributed by atoms with van der Waals surface area (Å²) < 4.78 is 14.5. The Labute approximate surface area is 228 Å². The number of benzene rings is 4. The van der Waals surface area contributed by atoms with Crippen LogP contribution in [0.4, 0.5) is 10.1 Å². The summed E-state index contributed by atoms with van der Waals surface area (Å²) in [6.07, 6.45) is 1.20. The molecule has 5 nitrogen and oxygen atoms in total. The van der Waals surface area contributed by atoms with E-state index in [4.69, 9.17) is 11.6 Å². The molecule has 0 heterocycles. The number of hydrogen-bond acceptors (Lipinski definition) is 4. The van der Waals surface area contributed by atoms with Gasteiger partial charge in [-0.3, -0.25) is 14.4 Å². The minimum absolute atomic E-state index is 0.0133. The lowest BCUT2D eigenvalue weighted by molar-refractivity contribution is -0.113. The molecule has 4 rings (SSSR count). The van der Waals surface area contributed by atoms with Crippen molar-refractivity contribution >= 4 is 52.7 Å². The van der Waals surface area contributed by atoms with E-state index in [1.165, 1.54) is 36.0 Å². The molecule has 0 aliphatic rings. The van der Waals surface area contributed by atoms with E-state index in [0.717, 1.165) is 4.90 Å². The van der Waals surface area contributed by atoms with Gasteiger partial charge in [-0.05, 0) is 48.5 Å². The minimum atomic E-state index is -0.670. The number of halogens is 2. The SMILES string of the molecule is O=C(Nc1cccc(SCC(=O)c2ccccc2)c1)/C(=C/c1c(F)cccc1Cl)NC(=O)c1ccccc1. The van der Waals surface area contributed by atoms with Gasteiger partial charge in [-0.25, -0.2) is 4.39 Å². The molecule has 0 fully saturated rings. The van der Waals surface area contributed by atoms with Gasteiger partial charge in [-0.2, -0.15) is 0 Å². The molecule has 0 atom stereocenters. The number of thioether (sulfide) groups is 1. The molecule has 0 saturated heterocycles. The van der Waals surface area contributed by atoms with E-state index >= 15 is 0 Å². The van der Waals surface area contributed by atoms with Crippen LogP contribution in [0.5, 0.6) is 0 Å². The van der Waals surface area contributed by atoms with E-state index in [2.05, 4.69) is 10.6 Å². The van der Waals surface area contributed by atoms with Crippen LogP contribution in [-0.2, 0) is 4.79 Å². The quantitative estimate of drug-likeness (QED) is 0.137. The van der Waals surface area contributed by atoms with Crippen molar-refractivity contribution in [1.29, 1.82) is 0 Å². The van der Waals surface area contributed by atoms with Crippen LogP contribution in [0.2, 0.25) is 5.02 Å². The summed E-state index contributed by atoms with van der Waals surface area (Å²) in [7, 11) is 0. The zero-order valence-electron chi connectivity index (χ0n) is 20.0. The van der Waals surface area contributed by atoms with Crippen LogP contribution in [0.1, 0.15) is 26.3 Å². The first-order valence-corrected chi connectivity index (χ1v) is 12.9. The second-order valence-electron chi connectivity index (χ2n) is 8.07. The number of ketones is 1. The standard InChI is InChI=1S/C30H22ClFN2O3S/c31-25-15-8-16-26(32)24(25)18-27(34-29(36)21-11-5-2-6-12-21)30(37)33-22-13-7-14-23(17-22)38-19-28(35)20-9-3-1-4-10-20/h1-18H,19H2,(H,33,37)(H,34,36)/b27-18-. The van der Waals surface area contributed by atoms with Crippen molar-refractivity contribution < 1.29 is 18.8 Å². The normalized spacial score (nSPS) is 11.1. The van der Waals surface area contributed by atoms with Crippen LogP contribution < -0.4 is 10.6 Å². The van der Waals surface area contributed by atoms with Gasteiger partial charge in [0.1, 0.15) is 11.5 Å². The predicted octanol–water partition coefficient (Wildman–Crippen LogP) is 6.86. The summed E-state index contributed by atoms with van der Waals surface area (Å²) in [6.45, 7) is 0. The van der Waals surface area contributed by atoms with Crippen LogP contribution in [-0.4, -0.2) is 23.4 Å². The molecule has 0 aliphatic carbocycles. The number of Topliss-reactive ketones (excluding diaryl/α,β-unsaturated/α-hetero) is 1. The van der Waals surface area contributed by atoms with Crippen molar-refractivity contribution in [3.8, 4) is 0 Å². The zero-order valence-corrected chi connectivity index (χ0v) is 21.6. The lowest BCUT2D eigenvalue weighted by atomic mass is 10.1. The van der Waals surface area contributed by atoms with Crippen LogP contribution in [0.25, 0.3) is 6.08 Å². The number of hydrogen-bond donors (Lipinski definition) is 2. The van der Waals surface area contributed by atoms with Gasteiger partial charge in [-0.15, -0.1) is 11.8 Å². The fraction of sp³-hybridized carbons (Fsp3) is 0.0333. The maximum absolute atomic E-state index is 14.5. The molecule has 0 aliphatic heterocycles. The Bertz CT molecular complexity index is 1470. The predicted molar refractivity (Wildman–Crippen MR) is 150 cm³/mol. The monoisotopic (exact) mass is 544 g/mol. The number of carbonyl (C=O) groups is 3. The molecule has 38 heavy (non-hydrogen) atoms. The summed E-state index contributed by atoms with van der Waals surface area (Å²) in [4.78, 5) is 39.3. The summed E-state index contributed by atoms with van der Waals surface area (Å²) in [5.41, 5.74) is 1.17. The molecule has 2 amide bonds. The van der Waals surface area contributed by atoms with Gasteiger partial charge in [0.05, 0.1) is 10.8 Å². The highest BCUT2D eigenvalue weighted by Gasteiger charge is 2.17. The van der Waals surface area contributed by atoms with Crippen molar-refractivity contribution in [2.75, 3.05) is 11.1 Å². The van der Waals surface area contributed by atoms with Gasteiger partial charge >= 0.3 is 0 Å². The smallest absolute Gasteiger partial charge is 0.272 e. The summed E-state index contributed by atoms with van der Waals surface area (Å²) in [5, 5.41) is 5.38. The maximum atomic E-state index is 14.5. The Balaban J connectivity index is 1.53. The van der Waals surface area contributed by atoms with Crippen LogP contribution in [0.15, 0.2) is 114 Å². The molecule has 0 unspecified atom stereocenters. The van der Waals surface area contributed by atoms with Gasteiger partial charge in [0.25, 0.3) is 11.8 Å². The zero-order chi connectivity index (χ0) is 26.9. The number of anilines is 1. The lowest BCUT2D eigenvalue weighted by Gasteiger charge is -2.13. The van der Waals surface area contributed by atoms with Crippen LogP contribution >= 0.6 is 23.4 Å². The Morgan fingerprint density at radius 2 is 1.47 bits per heavy atom. The molecule has 0 bridgehead atoms. The summed E-state index contributed by atoms with van der Waals surface area (Å²) in [6, 6.07) is 28.4. The molecule has 0 saturated carbocycles. The highest BCUT2D eigenvalue weighted by molar-refractivity contribution is 8.00. The molecular weight excluding hydrogens is 523 g/mol. The van der Waals surface area contributed by atoms with E-state index in [-0.39, 0.29) is 27.8 Å². The Morgan fingerprint density at radius 3 is 2.16 bits per heavy atom. The fourth-order valence-electron chi connectivity index (χ4n) is 3.45. The topological polar surface area (TPSA) is 75.3 Å². The average Bonchev–Trinajstić information content (AvgIpc) is 2.94. The van der Waals surface area contributed by atoms with E-state index in [0.29, 0.717) is 16.8 Å². The third-order valence-electron chi connectivity index (χ3n) is 5.37. The Kier molecular flexibility index (Phi) is 9.08. The molecule has 8 heteroatoms. The Hall–Kier alpha value is -4.20. The molecule has 0 spiro atoms. The second-order valence-corrected chi connectivity index (χ2v) is 9.53. The van der Waals surface area contributed by atoms with Crippen LogP contribution in [0.3, 0.4) is 0 Å². The van der Waals surface area contributed by atoms with Gasteiger partial charge in [-0.1, -0.05) is 72.3 Å². The van der Waals surface area contributed by atoms with Crippen LogP contribution in [0, 0.1) is 5.82 Å². The van der Waals surface area contributed by atoms with Crippen molar-refractivity contribution in [3.05, 3.63) is 136 Å². The highest BCUT2D eigenvalue weighted by Crippen LogP contribution is 2.24. The first kappa shape index (κ1) is 26.9. The third-order valence-corrected chi connectivity index (χ3v) is 6.70. The number of rotatable bonds is 9. The average molecular weight is 545 g/mol. The van der Waals surface area contributed by atoms with Crippen molar-refractivity contribution in [3.63, 3.8) is 0 Å². The van der Waals surface area contributed by atoms with Gasteiger partial charge in [0.2, 0.25) is 0 Å². The van der Waals surface area contributed by atoms with Gasteiger partial charge < -0.3 is 10.6 Å². The van der Waals surface area contributed by atoms with Crippen molar-refractivity contribution in [2.24, 2.45) is 0 Å². The number of carbonyl (C=O) groups excluding carboxylic acids is 3. The molecule has 4 aromatic carbocycles. The summed E-state index contributed by atoms with van der Waals surface area (Å²) in [5.74, 6) is -1.64. The summed E-state index contributed by atoms with van der Waals surface area (Å²) >= 11 is 7.49. The van der Waals surface area contributed by atoms with E-state index in [9.17, 15) is 18.8 Å². The first-order chi connectivity index (χ1) is 18.4. The Morgan fingerprint density at radius 1 is 0.816 bits per heavy atom. The maximum Gasteiger partial charge on any atom is 0.272 e. The number of amides is 2. The van der Waals surface area contributed by atoms with Crippen molar-refractivity contribution in [1.82, 2.24) is 5.32 Å². The largest absolute Gasteiger partial charge is 0.321 e. The van der Waals surface area contributed by atoms with Gasteiger partial charge in [0.15, 0.2) is 5.78 Å². The molecule has 4 aromatic rings. The van der Waals surface area contributed by atoms with Gasteiger partial charge in [0, 0.05) is 27.3 Å². The minimum Gasteiger partial charge on any atom is -0.321 e. The van der Waals surface area contributed by atoms with E-state index < -0.39 is 17.6 Å². The van der Waals surface area contributed by atoms with E-state index in [1.807, 2.05) is 24.3 Å². The highest BCUT2D eigenvalue weighted by atomic mass is 35.5. The lowest BCUT2D eigenvalue weighted by Crippen LogP contribution is -2.30. The first-order valence-electron chi connectivity index (χ1n) is 11.6. The fourth-order valence-corrected chi connectivity index (χ4v) is 4.52. The third kappa shape index (κ3) is 7.18. The number of nitrogens with one attached hydrogen (secondary N) is 2. The van der Waals surface area contributed by atoms with E-state index in [1.54, 1.807) is 60.7 Å². The molecule has 0 aromatic heterocycles.